The molecule has 0 N–H and O–H groups in total. The predicted octanol–water partition coefficient (Wildman–Crippen LogP) is 5.68. The van der Waals surface area contributed by atoms with Crippen LogP contribution in [0.4, 0.5) is 4.39 Å². The largest absolute Gasteiger partial charge is 0.494 e. The molecule has 2 aromatic carbocycles. The fraction of sp³-hybridized carbons (Fsp3) is 0.0714. The first-order valence-corrected chi connectivity index (χ1v) is 7.09. The van der Waals surface area contributed by atoms with Crippen LogP contribution in [0.15, 0.2) is 24.3 Å². The van der Waals surface area contributed by atoms with E-state index < -0.39 is 11.6 Å². The third kappa shape index (κ3) is 3.11. The van der Waals surface area contributed by atoms with Gasteiger partial charge in [-0.2, -0.15) is 0 Å². The molecule has 0 aliphatic heterocycles. The molecule has 110 valence electrons. The Morgan fingerprint density at radius 1 is 1.05 bits per heavy atom. The van der Waals surface area contributed by atoms with Crippen LogP contribution in [-0.2, 0) is 0 Å². The molecule has 0 aliphatic rings. The standard InChI is InChI=1S/C14H7Cl4FO2/c1-21-10-4-6(2-3-9(10)19)14(20)11-7(15)5-8(16)12(17)13(11)18/h2-5H,1H3. The van der Waals surface area contributed by atoms with Crippen LogP contribution in [0.1, 0.15) is 15.9 Å². The van der Waals surface area contributed by atoms with Gasteiger partial charge < -0.3 is 4.74 Å². The molecule has 0 aromatic heterocycles. The zero-order chi connectivity index (χ0) is 15.7. The molecule has 0 saturated carbocycles. The van der Waals surface area contributed by atoms with Gasteiger partial charge in [0.1, 0.15) is 0 Å². The molecule has 0 spiro atoms. The number of methoxy groups -OCH3 is 1. The van der Waals surface area contributed by atoms with Gasteiger partial charge in [0, 0.05) is 5.56 Å². The normalized spacial score (nSPS) is 10.6. The first-order chi connectivity index (χ1) is 9.86. The van der Waals surface area contributed by atoms with Gasteiger partial charge in [0.25, 0.3) is 0 Å². The highest BCUT2D eigenvalue weighted by atomic mass is 35.5. The Morgan fingerprint density at radius 3 is 2.33 bits per heavy atom. The van der Waals surface area contributed by atoms with Crippen molar-refractivity contribution in [1.82, 2.24) is 0 Å². The van der Waals surface area contributed by atoms with Crippen LogP contribution in [0.2, 0.25) is 20.1 Å². The summed E-state index contributed by atoms with van der Waals surface area (Å²) < 4.78 is 18.2. The summed E-state index contributed by atoms with van der Waals surface area (Å²) >= 11 is 23.8. The fourth-order valence-corrected chi connectivity index (χ4v) is 2.80. The summed E-state index contributed by atoms with van der Waals surface area (Å²) in [5.74, 6) is -1.16. The second-order valence-corrected chi connectivity index (χ2v) is 5.59. The molecule has 0 radical (unpaired) electrons. The van der Waals surface area contributed by atoms with E-state index in [0.717, 1.165) is 6.07 Å². The number of ketones is 1. The lowest BCUT2D eigenvalue weighted by molar-refractivity contribution is 0.103. The number of carbonyl (C=O) groups is 1. The number of halogens is 5. The van der Waals surface area contributed by atoms with Crippen LogP contribution in [0.3, 0.4) is 0 Å². The van der Waals surface area contributed by atoms with Gasteiger partial charge in [-0.05, 0) is 24.3 Å². The van der Waals surface area contributed by atoms with Gasteiger partial charge in [-0.3, -0.25) is 4.79 Å². The second-order valence-electron chi connectivity index (χ2n) is 4.02. The summed E-state index contributed by atoms with van der Waals surface area (Å²) in [6, 6.07) is 5.00. The highest BCUT2D eigenvalue weighted by Crippen LogP contribution is 2.38. The summed E-state index contributed by atoms with van der Waals surface area (Å²) in [6.45, 7) is 0. The first kappa shape index (κ1) is 16.4. The first-order valence-electron chi connectivity index (χ1n) is 5.58. The third-order valence-corrected chi connectivity index (χ3v) is 4.31. The smallest absolute Gasteiger partial charge is 0.196 e. The maximum absolute atomic E-state index is 13.4. The van der Waals surface area contributed by atoms with Gasteiger partial charge >= 0.3 is 0 Å². The van der Waals surface area contributed by atoms with E-state index in [1.807, 2.05) is 0 Å². The van der Waals surface area contributed by atoms with Crippen LogP contribution in [0, 0.1) is 5.82 Å². The molecule has 0 unspecified atom stereocenters. The van der Waals surface area contributed by atoms with Crippen molar-refractivity contribution in [1.29, 1.82) is 0 Å². The number of carbonyl (C=O) groups excluding carboxylic acids is 1. The quantitative estimate of drug-likeness (QED) is 0.396. The van der Waals surface area contributed by atoms with Crippen LogP contribution in [0.5, 0.6) is 5.75 Å². The van der Waals surface area contributed by atoms with Gasteiger partial charge in [-0.25, -0.2) is 4.39 Å². The minimum absolute atomic E-state index is 0.00129. The molecular weight excluding hydrogens is 361 g/mol. The van der Waals surface area contributed by atoms with Gasteiger partial charge in [0.15, 0.2) is 17.3 Å². The molecule has 0 saturated heterocycles. The van der Waals surface area contributed by atoms with Gasteiger partial charge in [-0.1, -0.05) is 46.4 Å². The molecule has 0 fully saturated rings. The van der Waals surface area contributed by atoms with Crippen LogP contribution < -0.4 is 4.74 Å². The lowest BCUT2D eigenvalue weighted by Gasteiger charge is -2.10. The summed E-state index contributed by atoms with van der Waals surface area (Å²) in [4.78, 5) is 12.5. The van der Waals surface area contributed by atoms with E-state index in [0.29, 0.717) is 0 Å². The average Bonchev–Trinajstić information content (AvgIpc) is 2.45. The van der Waals surface area contributed by atoms with E-state index in [2.05, 4.69) is 0 Å². The molecule has 2 rings (SSSR count). The maximum Gasteiger partial charge on any atom is 0.196 e. The number of hydrogen-bond donors (Lipinski definition) is 0. The summed E-state index contributed by atoms with van der Waals surface area (Å²) in [6.07, 6.45) is 0. The van der Waals surface area contributed by atoms with Crippen molar-refractivity contribution in [3.63, 3.8) is 0 Å². The molecule has 0 heterocycles. The number of rotatable bonds is 3. The van der Waals surface area contributed by atoms with Crippen molar-refractivity contribution in [3.05, 3.63) is 61.3 Å². The topological polar surface area (TPSA) is 26.3 Å². The van der Waals surface area contributed by atoms with Crippen molar-refractivity contribution in [2.24, 2.45) is 0 Å². The van der Waals surface area contributed by atoms with E-state index >= 15 is 0 Å². The molecular formula is C14H7Cl4FO2. The Bertz CT molecular complexity index is 731. The average molecular weight is 368 g/mol. The van der Waals surface area contributed by atoms with E-state index in [4.69, 9.17) is 51.1 Å². The Balaban J connectivity index is 2.58. The zero-order valence-electron chi connectivity index (χ0n) is 10.5. The molecule has 21 heavy (non-hydrogen) atoms. The number of hydrogen-bond acceptors (Lipinski definition) is 2. The zero-order valence-corrected chi connectivity index (χ0v) is 13.5. The monoisotopic (exact) mass is 366 g/mol. The van der Waals surface area contributed by atoms with Gasteiger partial charge in [-0.15, -0.1) is 0 Å². The molecule has 2 nitrogen and oxygen atoms in total. The summed E-state index contributed by atoms with van der Waals surface area (Å²) in [5.41, 5.74) is 0.164. The molecule has 0 bridgehead atoms. The van der Waals surface area contributed by atoms with E-state index in [9.17, 15) is 9.18 Å². The van der Waals surface area contributed by atoms with E-state index in [1.54, 1.807) is 0 Å². The lowest BCUT2D eigenvalue weighted by Crippen LogP contribution is -2.05. The van der Waals surface area contributed by atoms with Crippen LogP contribution >= 0.6 is 46.4 Å². The van der Waals surface area contributed by atoms with E-state index in [1.165, 1.54) is 25.3 Å². The third-order valence-electron chi connectivity index (χ3n) is 2.75. The van der Waals surface area contributed by atoms with Crippen LogP contribution in [-0.4, -0.2) is 12.9 Å². The second kappa shape index (κ2) is 6.41. The highest BCUT2D eigenvalue weighted by Gasteiger charge is 2.22. The van der Waals surface area contributed by atoms with Crippen molar-refractivity contribution in [2.45, 2.75) is 0 Å². The number of benzene rings is 2. The minimum atomic E-state index is -0.583. The summed E-state index contributed by atoms with van der Waals surface area (Å²) in [7, 11) is 1.30. The van der Waals surface area contributed by atoms with Crippen LogP contribution in [0.25, 0.3) is 0 Å². The van der Waals surface area contributed by atoms with Crippen molar-refractivity contribution in [2.75, 3.05) is 7.11 Å². The Morgan fingerprint density at radius 2 is 1.71 bits per heavy atom. The molecule has 0 atom stereocenters. The SMILES string of the molecule is COc1cc(C(=O)c2c(Cl)cc(Cl)c(Cl)c2Cl)ccc1F. The summed E-state index contributed by atoms with van der Waals surface area (Å²) in [5, 5.41) is 0.171. The van der Waals surface area contributed by atoms with E-state index in [-0.39, 0.29) is 37.0 Å². The van der Waals surface area contributed by atoms with Crippen molar-refractivity contribution in [3.8, 4) is 5.75 Å². The van der Waals surface area contributed by atoms with Crippen molar-refractivity contribution >= 4 is 52.2 Å². The minimum Gasteiger partial charge on any atom is -0.494 e. The van der Waals surface area contributed by atoms with Crippen molar-refractivity contribution < 1.29 is 13.9 Å². The van der Waals surface area contributed by atoms with Gasteiger partial charge in [0.05, 0.1) is 32.8 Å². The lowest BCUT2D eigenvalue weighted by atomic mass is 10.0. The molecule has 2 aromatic rings. The Hall–Kier alpha value is -1.00. The number of ether oxygens (including phenoxy) is 1. The van der Waals surface area contributed by atoms with Gasteiger partial charge in [0.2, 0.25) is 0 Å². The predicted molar refractivity (Wildman–Crippen MR) is 82.9 cm³/mol. The molecule has 0 amide bonds. The Kier molecular flexibility index (Phi) is 4.99. The highest BCUT2D eigenvalue weighted by molar-refractivity contribution is 6.51. The Labute approximate surface area is 140 Å². The molecule has 0 aliphatic carbocycles. The fourth-order valence-electron chi connectivity index (χ4n) is 1.72. The maximum atomic E-state index is 13.4. The molecule has 7 heteroatoms.